The van der Waals surface area contributed by atoms with E-state index in [-0.39, 0.29) is 5.91 Å². The van der Waals surface area contributed by atoms with Crippen molar-refractivity contribution in [2.45, 2.75) is 6.04 Å². The summed E-state index contributed by atoms with van der Waals surface area (Å²) in [5, 5.41) is 12.2. The van der Waals surface area contributed by atoms with Crippen molar-refractivity contribution in [2.75, 3.05) is 0 Å². The van der Waals surface area contributed by atoms with E-state index >= 15 is 0 Å². The molecule has 0 bridgehead atoms. The monoisotopic (exact) mass is 271 g/mol. The first-order valence-corrected chi connectivity index (χ1v) is 5.94. The molecule has 1 amide bonds. The first-order chi connectivity index (χ1) is 9.20. The van der Waals surface area contributed by atoms with Gasteiger partial charge in [0.15, 0.2) is 0 Å². The summed E-state index contributed by atoms with van der Waals surface area (Å²) >= 11 is 5.82. The highest BCUT2D eigenvalue weighted by molar-refractivity contribution is 6.30. The van der Waals surface area contributed by atoms with Crippen LogP contribution in [0.25, 0.3) is 0 Å². The van der Waals surface area contributed by atoms with Crippen molar-refractivity contribution in [3.8, 4) is 6.07 Å². The molecule has 2 aromatic rings. The van der Waals surface area contributed by atoms with Crippen molar-refractivity contribution < 1.29 is 4.79 Å². The molecule has 0 saturated heterocycles. The molecule has 0 spiro atoms. The third kappa shape index (κ3) is 3.30. The first kappa shape index (κ1) is 13.1. The number of amides is 1. The van der Waals surface area contributed by atoms with Gasteiger partial charge in [-0.3, -0.25) is 9.78 Å². The zero-order valence-electron chi connectivity index (χ0n) is 9.88. The highest BCUT2D eigenvalue weighted by Crippen LogP contribution is 2.14. The fraction of sp³-hybridized carbons (Fsp3) is 0.0714. The van der Waals surface area contributed by atoms with Gasteiger partial charge in [0.05, 0.1) is 6.07 Å². The minimum Gasteiger partial charge on any atom is -0.332 e. The molecule has 1 N–H and O–H groups in total. The number of nitrogens with one attached hydrogen (secondary N) is 1. The summed E-state index contributed by atoms with van der Waals surface area (Å²) in [6.45, 7) is 0. The highest BCUT2D eigenvalue weighted by atomic mass is 35.5. The Morgan fingerprint density at radius 3 is 2.68 bits per heavy atom. The van der Waals surface area contributed by atoms with Crippen LogP contribution in [0, 0.1) is 11.3 Å². The van der Waals surface area contributed by atoms with Gasteiger partial charge in [0.1, 0.15) is 6.04 Å². The van der Waals surface area contributed by atoms with Gasteiger partial charge in [0.25, 0.3) is 5.91 Å². The van der Waals surface area contributed by atoms with E-state index in [9.17, 15) is 4.79 Å². The largest absolute Gasteiger partial charge is 0.332 e. The lowest BCUT2D eigenvalue weighted by Crippen LogP contribution is -2.27. The molecular formula is C14H10ClN3O. The molecule has 4 nitrogen and oxygen atoms in total. The second-order valence-corrected chi connectivity index (χ2v) is 4.26. The quantitative estimate of drug-likeness (QED) is 0.933. The van der Waals surface area contributed by atoms with E-state index in [4.69, 9.17) is 16.9 Å². The Labute approximate surface area is 115 Å². The lowest BCUT2D eigenvalue weighted by molar-refractivity contribution is 0.0945. The third-order valence-electron chi connectivity index (χ3n) is 2.53. The van der Waals surface area contributed by atoms with Crippen LogP contribution in [0.4, 0.5) is 0 Å². The number of hydrogen-bond acceptors (Lipinski definition) is 3. The van der Waals surface area contributed by atoms with Gasteiger partial charge in [-0.15, -0.1) is 0 Å². The Morgan fingerprint density at radius 1 is 1.32 bits per heavy atom. The number of halogens is 1. The van der Waals surface area contributed by atoms with Crippen LogP contribution in [0.3, 0.4) is 0 Å². The number of nitrogens with zero attached hydrogens (tertiary/aromatic N) is 2. The van der Waals surface area contributed by atoms with Crippen LogP contribution in [0.2, 0.25) is 5.02 Å². The smallest absolute Gasteiger partial charge is 0.252 e. The Bertz CT molecular complexity index is 622. The lowest BCUT2D eigenvalue weighted by Gasteiger charge is -2.11. The molecular weight excluding hydrogens is 262 g/mol. The van der Waals surface area contributed by atoms with E-state index in [1.165, 1.54) is 0 Å². The summed E-state index contributed by atoms with van der Waals surface area (Å²) in [6.07, 6.45) is 3.15. The fourth-order valence-corrected chi connectivity index (χ4v) is 1.78. The molecule has 0 saturated carbocycles. The Morgan fingerprint density at radius 2 is 2.05 bits per heavy atom. The number of carbonyl (C=O) groups is 1. The molecule has 5 heteroatoms. The molecule has 1 aromatic heterocycles. The fourth-order valence-electron chi connectivity index (χ4n) is 1.59. The number of carbonyl (C=O) groups excluding carboxylic acids is 1. The van der Waals surface area contributed by atoms with E-state index in [1.54, 1.807) is 48.8 Å². The Kier molecular flexibility index (Phi) is 4.11. The summed E-state index contributed by atoms with van der Waals surface area (Å²) in [6, 6.07) is 11.3. The van der Waals surface area contributed by atoms with Crippen molar-refractivity contribution in [3.63, 3.8) is 0 Å². The summed E-state index contributed by atoms with van der Waals surface area (Å²) in [7, 11) is 0. The third-order valence-corrected chi connectivity index (χ3v) is 2.77. The van der Waals surface area contributed by atoms with Crippen LogP contribution in [-0.4, -0.2) is 10.9 Å². The van der Waals surface area contributed by atoms with E-state index in [0.29, 0.717) is 16.1 Å². The molecule has 1 aromatic carbocycles. The molecule has 1 unspecified atom stereocenters. The maximum Gasteiger partial charge on any atom is 0.252 e. The molecule has 94 valence electrons. The molecule has 0 radical (unpaired) electrons. The molecule has 2 rings (SSSR count). The van der Waals surface area contributed by atoms with Crippen LogP contribution in [0.5, 0.6) is 0 Å². The predicted octanol–water partition coefficient (Wildman–Crippen LogP) is 2.73. The maximum absolute atomic E-state index is 12.0. The van der Waals surface area contributed by atoms with E-state index in [0.717, 1.165) is 0 Å². The molecule has 0 aliphatic heterocycles. The second kappa shape index (κ2) is 5.98. The molecule has 19 heavy (non-hydrogen) atoms. The van der Waals surface area contributed by atoms with Crippen molar-refractivity contribution in [1.82, 2.24) is 10.3 Å². The van der Waals surface area contributed by atoms with Crippen molar-refractivity contribution in [2.24, 2.45) is 0 Å². The molecule has 0 aliphatic rings. The maximum atomic E-state index is 12.0. The first-order valence-electron chi connectivity index (χ1n) is 5.56. The standard InChI is InChI=1S/C14H10ClN3O/c15-12-3-1-2-11(8-12)14(19)18-13(9-16)10-4-6-17-7-5-10/h1-8,13H,(H,18,19). The summed E-state index contributed by atoms with van der Waals surface area (Å²) in [5.41, 5.74) is 1.11. The van der Waals surface area contributed by atoms with Gasteiger partial charge in [0.2, 0.25) is 0 Å². The number of rotatable bonds is 3. The summed E-state index contributed by atoms with van der Waals surface area (Å²) < 4.78 is 0. The zero-order chi connectivity index (χ0) is 13.7. The van der Waals surface area contributed by atoms with Gasteiger partial charge in [-0.2, -0.15) is 5.26 Å². The van der Waals surface area contributed by atoms with Crippen LogP contribution in [0.15, 0.2) is 48.8 Å². The van der Waals surface area contributed by atoms with E-state index in [2.05, 4.69) is 10.3 Å². The number of aromatic nitrogens is 1. The van der Waals surface area contributed by atoms with Crippen molar-refractivity contribution in [1.29, 1.82) is 5.26 Å². The van der Waals surface area contributed by atoms with Gasteiger partial charge in [-0.1, -0.05) is 17.7 Å². The predicted molar refractivity (Wildman–Crippen MR) is 71.5 cm³/mol. The van der Waals surface area contributed by atoms with Crippen molar-refractivity contribution >= 4 is 17.5 Å². The minimum absolute atomic E-state index is 0.342. The molecule has 1 atom stereocenters. The number of nitriles is 1. The van der Waals surface area contributed by atoms with Crippen LogP contribution >= 0.6 is 11.6 Å². The average Bonchev–Trinajstić information content (AvgIpc) is 2.45. The van der Waals surface area contributed by atoms with Crippen LogP contribution < -0.4 is 5.32 Å². The van der Waals surface area contributed by atoms with Gasteiger partial charge >= 0.3 is 0 Å². The lowest BCUT2D eigenvalue weighted by atomic mass is 10.1. The van der Waals surface area contributed by atoms with Crippen LogP contribution in [0.1, 0.15) is 22.0 Å². The Hall–Kier alpha value is -2.38. The van der Waals surface area contributed by atoms with Gasteiger partial charge < -0.3 is 5.32 Å². The summed E-state index contributed by atoms with van der Waals surface area (Å²) in [4.78, 5) is 15.9. The zero-order valence-corrected chi connectivity index (χ0v) is 10.6. The minimum atomic E-state index is -0.713. The normalized spacial score (nSPS) is 11.4. The molecule has 0 fully saturated rings. The van der Waals surface area contributed by atoms with Gasteiger partial charge in [-0.25, -0.2) is 0 Å². The van der Waals surface area contributed by atoms with Crippen LogP contribution in [-0.2, 0) is 0 Å². The van der Waals surface area contributed by atoms with Crippen molar-refractivity contribution in [3.05, 3.63) is 64.9 Å². The van der Waals surface area contributed by atoms with Gasteiger partial charge in [0, 0.05) is 23.0 Å². The molecule has 1 heterocycles. The average molecular weight is 272 g/mol. The van der Waals surface area contributed by atoms with E-state index < -0.39 is 6.04 Å². The molecule has 0 aliphatic carbocycles. The van der Waals surface area contributed by atoms with E-state index in [1.807, 2.05) is 6.07 Å². The number of benzene rings is 1. The highest BCUT2D eigenvalue weighted by Gasteiger charge is 2.14. The second-order valence-electron chi connectivity index (χ2n) is 3.83. The number of pyridine rings is 1. The van der Waals surface area contributed by atoms with Gasteiger partial charge in [-0.05, 0) is 35.9 Å². The SMILES string of the molecule is N#CC(NC(=O)c1cccc(Cl)c1)c1ccncc1. The topological polar surface area (TPSA) is 65.8 Å². The summed E-state index contributed by atoms with van der Waals surface area (Å²) in [5.74, 6) is -0.342. The Balaban J connectivity index is 2.16. The number of hydrogen-bond donors (Lipinski definition) is 1.